The summed E-state index contributed by atoms with van der Waals surface area (Å²) in [6, 6.07) is 5.89. The van der Waals surface area contributed by atoms with Gasteiger partial charge >= 0.3 is 0 Å². The van der Waals surface area contributed by atoms with Gasteiger partial charge < -0.3 is 4.90 Å². The van der Waals surface area contributed by atoms with Gasteiger partial charge in [0, 0.05) is 55.2 Å². The second-order valence-electron chi connectivity index (χ2n) is 5.98. The third kappa shape index (κ3) is 3.38. The van der Waals surface area contributed by atoms with Gasteiger partial charge in [-0.15, -0.1) is 11.3 Å². The number of thiophene rings is 1. The van der Waals surface area contributed by atoms with Crippen LogP contribution in [0.1, 0.15) is 16.1 Å². The lowest BCUT2D eigenvalue weighted by atomic mass is 10.2. The molecule has 1 saturated heterocycles. The van der Waals surface area contributed by atoms with Crippen molar-refractivity contribution in [1.29, 1.82) is 0 Å². The molecule has 7 nitrogen and oxygen atoms in total. The Balaban J connectivity index is 1.62. The molecule has 4 heterocycles. The maximum absolute atomic E-state index is 12.8. The molecule has 0 radical (unpaired) electrons. The quantitative estimate of drug-likeness (QED) is 0.426. The van der Waals surface area contributed by atoms with Crippen LogP contribution in [0.15, 0.2) is 36.0 Å². The van der Waals surface area contributed by atoms with Gasteiger partial charge in [-0.25, -0.2) is 17.8 Å². The largest absolute Gasteiger partial charge is 0.336 e. The first-order chi connectivity index (χ1) is 12.6. The summed E-state index contributed by atoms with van der Waals surface area (Å²) >= 11 is 3.92. The summed E-state index contributed by atoms with van der Waals surface area (Å²) in [5, 5.41) is 6.39. The Morgan fingerprint density at radius 2 is 2.04 bits per heavy atom. The molecule has 9 heteroatoms. The minimum Gasteiger partial charge on any atom is -0.336 e. The van der Waals surface area contributed by atoms with E-state index in [1.165, 1.54) is 0 Å². The zero-order chi connectivity index (χ0) is 18.1. The van der Waals surface area contributed by atoms with Crippen LogP contribution in [0.2, 0.25) is 0 Å². The molecular weight excluding hydrogens is 463 g/mol. The molecule has 0 unspecified atom stereocenters. The molecule has 0 aliphatic carbocycles. The van der Waals surface area contributed by atoms with Crippen LogP contribution in [0.3, 0.4) is 0 Å². The molecule has 0 saturated carbocycles. The Labute approximate surface area is 169 Å². The average molecular weight is 480 g/mol. The molecule has 1 fully saturated rings. The van der Waals surface area contributed by atoms with E-state index in [4.69, 9.17) is 0 Å². The first-order valence-electron chi connectivity index (χ1n) is 8.25. The minimum atomic E-state index is 0.0210. The van der Waals surface area contributed by atoms with Crippen molar-refractivity contribution in [3.8, 4) is 16.5 Å². The normalized spacial score (nSPS) is 15.4. The molecule has 0 atom stereocenters. The molecule has 0 spiro atoms. The fourth-order valence-electron chi connectivity index (χ4n) is 2.89. The van der Waals surface area contributed by atoms with Gasteiger partial charge in [-0.2, -0.15) is 5.10 Å². The van der Waals surface area contributed by atoms with Gasteiger partial charge in [-0.3, -0.25) is 4.79 Å². The van der Waals surface area contributed by atoms with Crippen LogP contribution < -0.4 is 0 Å². The smallest absolute Gasteiger partial charge is 0.257 e. The number of aromatic nitrogens is 4. The SMILES string of the molecule is Cc1c(C(=O)N2CCN(I)CC2)cnn1-c1nccc(-c2cccs2)n1. The van der Waals surface area contributed by atoms with E-state index < -0.39 is 0 Å². The molecule has 3 aromatic heterocycles. The lowest BCUT2D eigenvalue weighted by Gasteiger charge is -2.31. The van der Waals surface area contributed by atoms with Gasteiger partial charge in [0.1, 0.15) is 0 Å². The van der Waals surface area contributed by atoms with E-state index in [0.29, 0.717) is 11.5 Å². The monoisotopic (exact) mass is 480 g/mol. The van der Waals surface area contributed by atoms with E-state index in [-0.39, 0.29) is 5.91 Å². The van der Waals surface area contributed by atoms with E-state index in [1.54, 1.807) is 28.4 Å². The van der Waals surface area contributed by atoms with Crippen LogP contribution in [0.5, 0.6) is 0 Å². The predicted molar refractivity (Wildman–Crippen MR) is 109 cm³/mol. The lowest BCUT2D eigenvalue weighted by Crippen LogP contribution is -2.45. The van der Waals surface area contributed by atoms with E-state index in [9.17, 15) is 4.79 Å². The summed E-state index contributed by atoms with van der Waals surface area (Å²) in [6.07, 6.45) is 3.34. The Morgan fingerprint density at radius 3 is 2.77 bits per heavy atom. The molecule has 3 aromatic rings. The van der Waals surface area contributed by atoms with E-state index in [2.05, 4.69) is 41.0 Å². The van der Waals surface area contributed by atoms with Crippen molar-refractivity contribution >= 4 is 40.1 Å². The van der Waals surface area contributed by atoms with Crippen LogP contribution in [0, 0.1) is 6.92 Å². The number of carbonyl (C=O) groups excluding carboxylic acids is 1. The lowest BCUT2D eigenvalue weighted by molar-refractivity contribution is 0.0710. The summed E-state index contributed by atoms with van der Waals surface area (Å²) in [5.74, 6) is 0.497. The van der Waals surface area contributed by atoms with Crippen molar-refractivity contribution in [3.63, 3.8) is 0 Å². The van der Waals surface area contributed by atoms with Crippen LogP contribution in [0.4, 0.5) is 0 Å². The highest BCUT2D eigenvalue weighted by atomic mass is 127. The molecule has 1 aliphatic rings. The maximum Gasteiger partial charge on any atom is 0.257 e. The highest BCUT2D eigenvalue weighted by Crippen LogP contribution is 2.23. The Kier molecular flexibility index (Phi) is 5.00. The van der Waals surface area contributed by atoms with Crippen molar-refractivity contribution in [1.82, 2.24) is 27.8 Å². The average Bonchev–Trinajstić information content (AvgIpc) is 3.32. The van der Waals surface area contributed by atoms with Gasteiger partial charge in [0.2, 0.25) is 0 Å². The second-order valence-corrected chi connectivity index (χ2v) is 8.29. The highest BCUT2D eigenvalue weighted by Gasteiger charge is 2.24. The molecular formula is C17H17IN6OS. The van der Waals surface area contributed by atoms with Crippen molar-refractivity contribution in [2.45, 2.75) is 6.92 Å². The van der Waals surface area contributed by atoms with Crippen LogP contribution in [0.25, 0.3) is 16.5 Å². The number of nitrogens with zero attached hydrogens (tertiary/aromatic N) is 6. The Hall–Kier alpha value is -1.85. The summed E-state index contributed by atoms with van der Waals surface area (Å²) in [5.41, 5.74) is 2.22. The zero-order valence-corrected chi connectivity index (χ0v) is 17.1. The molecule has 1 amide bonds. The van der Waals surface area contributed by atoms with Gasteiger partial charge in [-0.1, -0.05) is 6.07 Å². The van der Waals surface area contributed by atoms with E-state index in [1.807, 2.05) is 35.4 Å². The fourth-order valence-corrected chi connectivity index (χ4v) is 4.02. The third-order valence-electron chi connectivity index (χ3n) is 4.36. The molecule has 134 valence electrons. The summed E-state index contributed by atoms with van der Waals surface area (Å²) in [7, 11) is 0. The van der Waals surface area contributed by atoms with Gasteiger partial charge in [-0.05, 0) is 24.4 Å². The number of amides is 1. The van der Waals surface area contributed by atoms with Gasteiger partial charge in [0.15, 0.2) is 0 Å². The maximum atomic E-state index is 12.8. The number of carbonyl (C=O) groups is 1. The predicted octanol–water partition coefficient (Wildman–Crippen LogP) is 2.81. The number of piperazine rings is 1. The first kappa shape index (κ1) is 17.6. The summed E-state index contributed by atoms with van der Waals surface area (Å²) in [6.45, 7) is 5.11. The van der Waals surface area contributed by atoms with Crippen molar-refractivity contribution < 1.29 is 4.79 Å². The Morgan fingerprint density at radius 1 is 1.23 bits per heavy atom. The standard InChI is InChI=1S/C17H17IN6OS/c1-12-13(16(25)22-6-8-23(18)9-7-22)11-20-24(12)17-19-5-4-14(21-17)15-3-2-10-26-15/h2-5,10-11H,6-9H2,1H3. The molecule has 26 heavy (non-hydrogen) atoms. The first-order valence-corrected chi connectivity index (χ1v) is 10.1. The number of hydrogen-bond donors (Lipinski definition) is 0. The molecule has 0 N–H and O–H groups in total. The van der Waals surface area contributed by atoms with Crippen molar-refractivity contribution in [2.75, 3.05) is 26.2 Å². The van der Waals surface area contributed by atoms with Gasteiger partial charge in [0.05, 0.1) is 28.0 Å². The second kappa shape index (κ2) is 7.41. The van der Waals surface area contributed by atoms with E-state index in [0.717, 1.165) is 42.4 Å². The molecule has 4 rings (SSSR count). The summed E-state index contributed by atoms with van der Waals surface area (Å²) in [4.78, 5) is 24.7. The zero-order valence-electron chi connectivity index (χ0n) is 14.2. The molecule has 0 bridgehead atoms. The topological polar surface area (TPSA) is 67.2 Å². The third-order valence-corrected chi connectivity index (χ3v) is 6.22. The molecule has 1 aliphatic heterocycles. The van der Waals surface area contributed by atoms with Gasteiger partial charge in [0.25, 0.3) is 11.9 Å². The van der Waals surface area contributed by atoms with Crippen molar-refractivity contribution in [3.05, 3.63) is 47.2 Å². The number of hydrogen-bond acceptors (Lipinski definition) is 6. The van der Waals surface area contributed by atoms with Crippen LogP contribution in [-0.2, 0) is 0 Å². The Bertz CT molecular complexity index is 917. The number of halogens is 1. The number of rotatable bonds is 3. The van der Waals surface area contributed by atoms with Crippen LogP contribution in [-0.4, -0.2) is 59.8 Å². The minimum absolute atomic E-state index is 0.0210. The van der Waals surface area contributed by atoms with Crippen LogP contribution >= 0.6 is 34.2 Å². The molecule has 0 aromatic carbocycles. The van der Waals surface area contributed by atoms with E-state index >= 15 is 0 Å². The highest BCUT2D eigenvalue weighted by molar-refractivity contribution is 14.1. The fraction of sp³-hybridized carbons (Fsp3) is 0.294. The van der Waals surface area contributed by atoms with Crippen molar-refractivity contribution in [2.24, 2.45) is 0 Å². The summed E-state index contributed by atoms with van der Waals surface area (Å²) < 4.78 is 3.83.